The van der Waals surface area contributed by atoms with Gasteiger partial charge in [0.05, 0.1) is 10.6 Å². The van der Waals surface area contributed by atoms with Crippen molar-refractivity contribution in [1.82, 2.24) is 29.9 Å². The van der Waals surface area contributed by atoms with E-state index in [2.05, 4.69) is 25.1 Å². The minimum Gasteiger partial charge on any atom is -0.480 e. The Morgan fingerprint density at radius 2 is 1.78 bits per heavy atom. The number of hydrogen-bond acceptors (Lipinski definition) is 6. The Hall–Kier alpha value is -4.42. The van der Waals surface area contributed by atoms with E-state index >= 15 is 0 Å². The van der Waals surface area contributed by atoms with Gasteiger partial charge in [0.2, 0.25) is 15.8 Å². The van der Waals surface area contributed by atoms with Crippen molar-refractivity contribution >= 4 is 26.9 Å². The molecular formula is C24H19FN6O4S. The molecular weight excluding hydrogens is 487 g/mol. The largest absolute Gasteiger partial charge is 0.480 e. The highest BCUT2D eigenvalue weighted by molar-refractivity contribution is 7.89. The van der Waals surface area contributed by atoms with Gasteiger partial charge in [0.1, 0.15) is 11.9 Å². The summed E-state index contributed by atoms with van der Waals surface area (Å²) in [6, 6.07) is 17.2. The predicted molar refractivity (Wildman–Crippen MR) is 128 cm³/mol. The summed E-state index contributed by atoms with van der Waals surface area (Å²) in [7, 11) is -4.14. The first-order valence-corrected chi connectivity index (χ1v) is 12.2. The third-order valence-electron chi connectivity index (χ3n) is 5.59. The zero-order valence-corrected chi connectivity index (χ0v) is 19.4. The zero-order chi connectivity index (χ0) is 25.3. The van der Waals surface area contributed by atoms with Crippen molar-refractivity contribution in [2.75, 3.05) is 0 Å². The van der Waals surface area contributed by atoms with Gasteiger partial charge in [-0.25, -0.2) is 12.8 Å². The molecule has 0 saturated heterocycles. The topological polar surface area (TPSA) is 143 Å². The first kappa shape index (κ1) is 23.3. The van der Waals surface area contributed by atoms with Crippen LogP contribution in [0.3, 0.4) is 0 Å². The number of H-pyrrole nitrogens is 1. The number of para-hydroxylation sites is 1. The molecule has 0 bridgehead atoms. The Labute approximate surface area is 204 Å². The van der Waals surface area contributed by atoms with E-state index in [0.29, 0.717) is 16.8 Å². The molecule has 5 aromatic rings. The highest BCUT2D eigenvalue weighted by Gasteiger charge is 2.26. The number of aliphatic carboxylic acids is 1. The second-order valence-corrected chi connectivity index (χ2v) is 9.69. The Bertz CT molecular complexity index is 1650. The molecule has 2 heterocycles. The van der Waals surface area contributed by atoms with E-state index in [0.717, 1.165) is 10.9 Å². The highest BCUT2D eigenvalue weighted by Crippen LogP contribution is 2.21. The van der Waals surface area contributed by atoms with Gasteiger partial charge in [-0.1, -0.05) is 18.2 Å². The van der Waals surface area contributed by atoms with E-state index in [1.807, 2.05) is 24.3 Å². The van der Waals surface area contributed by atoms with E-state index in [1.165, 1.54) is 53.3 Å². The van der Waals surface area contributed by atoms with Crippen LogP contribution in [0.15, 0.2) is 83.9 Å². The fourth-order valence-electron chi connectivity index (χ4n) is 3.75. The average Bonchev–Trinajstić information content (AvgIpc) is 3.52. The van der Waals surface area contributed by atoms with Crippen molar-refractivity contribution < 1.29 is 22.7 Å². The molecule has 0 spiro atoms. The first-order valence-electron chi connectivity index (χ1n) is 10.8. The van der Waals surface area contributed by atoms with Gasteiger partial charge in [0, 0.05) is 29.1 Å². The summed E-state index contributed by atoms with van der Waals surface area (Å²) < 4.78 is 41.3. The second kappa shape index (κ2) is 9.32. The van der Waals surface area contributed by atoms with E-state index in [9.17, 15) is 22.7 Å². The molecule has 5 rings (SSSR count). The quantitative estimate of drug-likeness (QED) is 0.294. The van der Waals surface area contributed by atoms with Crippen LogP contribution in [0.5, 0.6) is 0 Å². The van der Waals surface area contributed by atoms with Crippen LogP contribution in [0.1, 0.15) is 5.56 Å². The number of rotatable bonds is 8. The van der Waals surface area contributed by atoms with E-state index in [4.69, 9.17) is 0 Å². The molecule has 0 radical (unpaired) electrons. The summed E-state index contributed by atoms with van der Waals surface area (Å²) in [5.74, 6) is -1.40. The number of sulfonamides is 1. The van der Waals surface area contributed by atoms with Crippen molar-refractivity contribution in [3.63, 3.8) is 0 Å². The van der Waals surface area contributed by atoms with Crippen LogP contribution in [-0.4, -0.2) is 50.7 Å². The Kier molecular flexibility index (Phi) is 6.04. The van der Waals surface area contributed by atoms with Crippen LogP contribution in [0, 0.1) is 5.82 Å². The molecule has 0 fully saturated rings. The molecule has 1 unspecified atom stereocenters. The number of carbonyl (C=O) groups is 1. The van der Waals surface area contributed by atoms with Gasteiger partial charge in [-0.2, -0.15) is 4.72 Å². The van der Waals surface area contributed by atoms with Gasteiger partial charge in [-0.15, -0.1) is 15.0 Å². The summed E-state index contributed by atoms with van der Waals surface area (Å²) in [5, 5.41) is 22.6. The van der Waals surface area contributed by atoms with Crippen molar-refractivity contribution in [3.05, 3.63) is 90.4 Å². The van der Waals surface area contributed by atoms with Crippen molar-refractivity contribution in [1.29, 1.82) is 0 Å². The SMILES string of the molecule is O=C(O)C(Cc1c[nH]c2ccccc12)NS(=O)(=O)c1ccc(-n2nnc(-c3ccc(F)cc3)n2)cc1. The number of carboxylic acid groups (broad SMARTS) is 1. The molecule has 0 aliphatic rings. The lowest BCUT2D eigenvalue weighted by atomic mass is 10.1. The van der Waals surface area contributed by atoms with Crippen molar-refractivity contribution in [3.8, 4) is 17.1 Å². The summed E-state index contributed by atoms with van der Waals surface area (Å²) in [4.78, 5) is 16.0. The summed E-state index contributed by atoms with van der Waals surface area (Å²) >= 11 is 0. The fraction of sp³-hybridized carbons (Fsp3) is 0.0833. The van der Waals surface area contributed by atoms with Crippen LogP contribution < -0.4 is 4.72 Å². The minimum atomic E-state index is -4.14. The molecule has 0 aliphatic heterocycles. The number of fused-ring (bicyclic) bond motifs is 1. The summed E-state index contributed by atoms with van der Waals surface area (Å²) in [5.41, 5.74) is 2.52. The molecule has 0 aliphatic carbocycles. The lowest BCUT2D eigenvalue weighted by Crippen LogP contribution is -2.42. The lowest BCUT2D eigenvalue weighted by Gasteiger charge is -2.15. The van der Waals surface area contributed by atoms with Gasteiger partial charge < -0.3 is 10.1 Å². The number of nitrogens with one attached hydrogen (secondary N) is 2. The maximum absolute atomic E-state index is 13.1. The second-order valence-electron chi connectivity index (χ2n) is 7.98. The number of benzene rings is 3. The maximum atomic E-state index is 13.1. The standard InChI is InChI=1S/C24H19FN6O4S/c25-17-7-5-15(6-8-17)23-27-30-31(28-23)18-9-11-19(12-10-18)36(34,35)29-22(24(32)33)13-16-14-26-21-4-2-1-3-20(16)21/h1-12,14,22,26,29H,13H2,(H,32,33). The van der Waals surface area contributed by atoms with Crippen LogP contribution in [-0.2, 0) is 21.2 Å². The zero-order valence-electron chi connectivity index (χ0n) is 18.5. The number of tetrazole rings is 1. The summed E-state index contributed by atoms with van der Waals surface area (Å²) in [6.07, 6.45) is 1.64. The number of aromatic nitrogens is 5. The monoisotopic (exact) mass is 506 g/mol. The van der Waals surface area contributed by atoms with Crippen LogP contribution in [0.4, 0.5) is 4.39 Å². The van der Waals surface area contributed by atoms with Gasteiger partial charge in [-0.05, 0) is 65.4 Å². The number of halogens is 1. The molecule has 0 amide bonds. The first-order chi connectivity index (χ1) is 17.3. The molecule has 3 N–H and O–H groups in total. The number of hydrogen-bond donors (Lipinski definition) is 3. The molecule has 12 heteroatoms. The van der Waals surface area contributed by atoms with E-state index in [-0.39, 0.29) is 23.0 Å². The van der Waals surface area contributed by atoms with E-state index in [1.54, 1.807) is 6.20 Å². The van der Waals surface area contributed by atoms with Gasteiger partial charge >= 0.3 is 5.97 Å². The smallest absolute Gasteiger partial charge is 0.322 e. The Balaban J connectivity index is 1.33. The van der Waals surface area contributed by atoms with Crippen molar-refractivity contribution in [2.45, 2.75) is 17.4 Å². The molecule has 3 aromatic carbocycles. The lowest BCUT2D eigenvalue weighted by molar-refractivity contribution is -0.138. The number of carboxylic acids is 1. The number of aromatic amines is 1. The Morgan fingerprint density at radius 3 is 2.50 bits per heavy atom. The summed E-state index contributed by atoms with van der Waals surface area (Å²) in [6.45, 7) is 0. The maximum Gasteiger partial charge on any atom is 0.322 e. The fourth-order valence-corrected chi connectivity index (χ4v) is 4.94. The Morgan fingerprint density at radius 1 is 1.06 bits per heavy atom. The number of nitrogens with zero attached hydrogens (tertiary/aromatic N) is 4. The normalized spacial score (nSPS) is 12.6. The highest BCUT2D eigenvalue weighted by atomic mass is 32.2. The molecule has 36 heavy (non-hydrogen) atoms. The van der Waals surface area contributed by atoms with E-state index < -0.39 is 22.0 Å². The molecule has 2 aromatic heterocycles. The minimum absolute atomic E-state index is 0.0360. The molecule has 1 atom stereocenters. The third kappa shape index (κ3) is 4.72. The predicted octanol–water partition coefficient (Wildman–Crippen LogP) is 2.92. The van der Waals surface area contributed by atoms with Crippen LogP contribution in [0.2, 0.25) is 0 Å². The van der Waals surface area contributed by atoms with Crippen LogP contribution >= 0.6 is 0 Å². The van der Waals surface area contributed by atoms with Crippen LogP contribution in [0.25, 0.3) is 28.0 Å². The molecule has 182 valence electrons. The third-order valence-corrected chi connectivity index (χ3v) is 7.08. The van der Waals surface area contributed by atoms with Gasteiger partial charge in [0.25, 0.3) is 0 Å². The molecule has 0 saturated carbocycles. The van der Waals surface area contributed by atoms with Gasteiger partial charge in [-0.3, -0.25) is 4.79 Å². The molecule has 10 nitrogen and oxygen atoms in total. The average molecular weight is 507 g/mol. The van der Waals surface area contributed by atoms with Gasteiger partial charge in [0.15, 0.2) is 0 Å². The van der Waals surface area contributed by atoms with Crippen molar-refractivity contribution in [2.24, 2.45) is 0 Å².